The van der Waals surface area contributed by atoms with E-state index in [9.17, 15) is 23.2 Å². The zero-order valence-corrected chi connectivity index (χ0v) is 14.1. The topological polar surface area (TPSA) is 84.5 Å². The fraction of sp³-hybridized carbons (Fsp3) is 0.211. The summed E-state index contributed by atoms with van der Waals surface area (Å²) in [4.78, 5) is 35.0. The van der Waals surface area contributed by atoms with Crippen molar-refractivity contribution in [1.29, 1.82) is 0 Å². The quantitative estimate of drug-likeness (QED) is 0.762. The highest BCUT2D eigenvalue weighted by atomic mass is 19.3. The Morgan fingerprint density at radius 2 is 1.78 bits per heavy atom. The summed E-state index contributed by atoms with van der Waals surface area (Å²) in [7, 11) is 0. The smallest absolute Gasteiger partial charge is 0.387 e. The number of nitrogens with one attached hydrogen (secondary N) is 2. The van der Waals surface area contributed by atoms with E-state index in [0.717, 1.165) is 5.56 Å². The van der Waals surface area contributed by atoms with Crippen molar-refractivity contribution in [2.75, 3.05) is 5.32 Å². The molecule has 140 valence electrons. The van der Waals surface area contributed by atoms with Crippen molar-refractivity contribution in [1.82, 2.24) is 5.32 Å². The normalized spacial score (nSPS) is 16.3. The van der Waals surface area contributed by atoms with Crippen molar-refractivity contribution in [2.24, 2.45) is 5.92 Å². The molecule has 0 radical (unpaired) electrons. The molecular weight excluding hydrogens is 358 g/mol. The van der Waals surface area contributed by atoms with Crippen LogP contribution in [0.3, 0.4) is 0 Å². The van der Waals surface area contributed by atoms with Crippen molar-refractivity contribution >= 4 is 23.4 Å². The Labute approximate surface area is 153 Å². The van der Waals surface area contributed by atoms with Crippen LogP contribution in [0.15, 0.2) is 48.5 Å². The predicted octanol–water partition coefficient (Wildman–Crippen LogP) is 2.75. The molecule has 3 rings (SSSR count). The summed E-state index contributed by atoms with van der Waals surface area (Å²) in [5.74, 6) is -1.32. The van der Waals surface area contributed by atoms with Gasteiger partial charge in [0.05, 0.1) is 5.92 Å². The molecule has 1 unspecified atom stereocenters. The molecule has 6 nitrogen and oxygen atoms in total. The Morgan fingerprint density at radius 1 is 1.11 bits per heavy atom. The third-order valence-electron chi connectivity index (χ3n) is 4.10. The summed E-state index contributed by atoms with van der Waals surface area (Å²) in [6, 6.07) is 12.3. The van der Waals surface area contributed by atoms with Crippen molar-refractivity contribution in [2.45, 2.75) is 19.5 Å². The number of benzene rings is 2. The van der Waals surface area contributed by atoms with E-state index in [1.165, 1.54) is 24.3 Å². The van der Waals surface area contributed by atoms with Gasteiger partial charge in [0, 0.05) is 17.7 Å². The highest BCUT2D eigenvalue weighted by Crippen LogP contribution is 2.20. The number of imide groups is 1. The van der Waals surface area contributed by atoms with Gasteiger partial charge in [-0.15, -0.1) is 0 Å². The number of hydrogen-bond acceptors (Lipinski definition) is 4. The SMILES string of the molecule is O=C1CC(Cc2ccc(NC(=O)c3ccc(OC(F)F)cc3)cc2)C(=O)N1. The molecule has 0 spiro atoms. The zero-order valence-electron chi connectivity index (χ0n) is 14.1. The lowest BCUT2D eigenvalue weighted by molar-refractivity contribution is -0.125. The van der Waals surface area contributed by atoms with E-state index >= 15 is 0 Å². The molecule has 8 heteroatoms. The Morgan fingerprint density at radius 3 is 2.33 bits per heavy atom. The van der Waals surface area contributed by atoms with Gasteiger partial charge in [-0.1, -0.05) is 12.1 Å². The van der Waals surface area contributed by atoms with E-state index in [2.05, 4.69) is 15.4 Å². The Hall–Kier alpha value is -3.29. The van der Waals surface area contributed by atoms with Gasteiger partial charge in [-0.2, -0.15) is 8.78 Å². The van der Waals surface area contributed by atoms with Crippen LogP contribution >= 0.6 is 0 Å². The molecule has 2 aromatic rings. The largest absolute Gasteiger partial charge is 0.435 e. The first-order valence-corrected chi connectivity index (χ1v) is 8.19. The average molecular weight is 374 g/mol. The van der Waals surface area contributed by atoms with Crippen molar-refractivity contribution in [3.8, 4) is 5.75 Å². The molecule has 1 aliphatic heterocycles. The Bertz CT molecular complexity index is 851. The fourth-order valence-corrected chi connectivity index (χ4v) is 2.77. The van der Waals surface area contributed by atoms with E-state index in [-0.39, 0.29) is 29.9 Å². The van der Waals surface area contributed by atoms with Crippen LogP contribution in [0.2, 0.25) is 0 Å². The van der Waals surface area contributed by atoms with Gasteiger partial charge in [-0.25, -0.2) is 0 Å². The lowest BCUT2D eigenvalue weighted by Gasteiger charge is -2.09. The predicted molar refractivity (Wildman–Crippen MR) is 92.4 cm³/mol. The lowest BCUT2D eigenvalue weighted by atomic mass is 9.98. The first-order valence-electron chi connectivity index (χ1n) is 8.19. The van der Waals surface area contributed by atoms with Crippen LogP contribution in [-0.4, -0.2) is 24.3 Å². The zero-order chi connectivity index (χ0) is 19.4. The second-order valence-corrected chi connectivity index (χ2v) is 6.07. The molecule has 1 atom stereocenters. The van der Waals surface area contributed by atoms with Gasteiger partial charge in [0.2, 0.25) is 11.8 Å². The summed E-state index contributed by atoms with van der Waals surface area (Å²) >= 11 is 0. The number of hydrogen-bond donors (Lipinski definition) is 2. The van der Waals surface area contributed by atoms with Gasteiger partial charge in [-0.05, 0) is 48.4 Å². The molecule has 1 heterocycles. The van der Waals surface area contributed by atoms with Gasteiger partial charge in [0.15, 0.2) is 0 Å². The molecule has 2 aromatic carbocycles. The van der Waals surface area contributed by atoms with E-state index in [0.29, 0.717) is 17.7 Å². The van der Waals surface area contributed by atoms with Gasteiger partial charge in [-0.3, -0.25) is 19.7 Å². The minimum Gasteiger partial charge on any atom is -0.435 e. The van der Waals surface area contributed by atoms with E-state index < -0.39 is 12.5 Å². The molecule has 0 aliphatic carbocycles. The molecular formula is C19H16F2N2O4. The summed E-state index contributed by atoms with van der Waals surface area (Å²) in [5.41, 5.74) is 1.71. The molecule has 0 aromatic heterocycles. The van der Waals surface area contributed by atoms with Crippen molar-refractivity contribution < 1.29 is 27.9 Å². The monoisotopic (exact) mass is 374 g/mol. The van der Waals surface area contributed by atoms with Gasteiger partial charge in [0.1, 0.15) is 5.75 Å². The van der Waals surface area contributed by atoms with Crippen LogP contribution in [0.4, 0.5) is 14.5 Å². The number of alkyl halides is 2. The number of anilines is 1. The highest BCUT2D eigenvalue weighted by molar-refractivity contribution is 6.04. The fourth-order valence-electron chi connectivity index (χ4n) is 2.77. The second-order valence-electron chi connectivity index (χ2n) is 6.07. The third-order valence-corrected chi connectivity index (χ3v) is 4.10. The minimum absolute atomic E-state index is 0.0275. The Kier molecular flexibility index (Phi) is 5.44. The summed E-state index contributed by atoms with van der Waals surface area (Å²) in [6.07, 6.45) is 0.625. The van der Waals surface area contributed by atoms with E-state index in [4.69, 9.17) is 0 Å². The second kappa shape index (κ2) is 7.94. The Balaban J connectivity index is 1.58. The number of ether oxygens (including phenoxy) is 1. The first-order chi connectivity index (χ1) is 12.9. The molecule has 1 aliphatic rings. The maximum Gasteiger partial charge on any atom is 0.387 e. The molecule has 3 amide bonds. The maximum absolute atomic E-state index is 12.2. The minimum atomic E-state index is -2.92. The van der Waals surface area contributed by atoms with Crippen LogP contribution in [-0.2, 0) is 16.0 Å². The van der Waals surface area contributed by atoms with E-state index in [1.807, 2.05) is 0 Å². The van der Waals surface area contributed by atoms with Gasteiger partial charge >= 0.3 is 6.61 Å². The number of amides is 3. The van der Waals surface area contributed by atoms with Gasteiger partial charge in [0.25, 0.3) is 5.91 Å². The number of halogens is 2. The molecule has 0 bridgehead atoms. The summed E-state index contributed by atoms with van der Waals surface area (Å²) < 4.78 is 28.5. The number of carbonyl (C=O) groups is 3. The maximum atomic E-state index is 12.2. The van der Waals surface area contributed by atoms with Crippen LogP contribution in [0, 0.1) is 5.92 Å². The lowest BCUT2D eigenvalue weighted by Crippen LogP contribution is -2.22. The van der Waals surface area contributed by atoms with Crippen LogP contribution < -0.4 is 15.4 Å². The molecule has 0 saturated carbocycles. The molecule has 1 fully saturated rings. The highest BCUT2D eigenvalue weighted by Gasteiger charge is 2.30. The molecule has 2 N–H and O–H groups in total. The standard InChI is InChI=1S/C19H16F2N2O4/c20-19(21)27-15-7-3-12(4-8-15)17(25)22-14-5-1-11(2-6-14)9-13-10-16(24)23-18(13)26/h1-8,13,19H,9-10H2,(H,22,25)(H,23,24,26). The number of rotatable bonds is 6. The van der Waals surface area contributed by atoms with Gasteiger partial charge < -0.3 is 10.1 Å². The first kappa shape index (κ1) is 18.5. The summed E-state index contributed by atoms with van der Waals surface area (Å²) in [5, 5.41) is 4.97. The number of carbonyl (C=O) groups excluding carboxylic acids is 3. The average Bonchev–Trinajstić information content (AvgIpc) is 2.94. The van der Waals surface area contributed by atoms with Crippen molar-refractivity contribution in [3.63, 3.8) is 0 Å². The molecule has 27 heavy (non-hydrogen) atoms. The third kappa shape index (κ3) is 4.87. The van der Waals surface area contributed by atoms with Crippen LogP contribution in [0.5, 0.6) is 5.75 Å². The van der Waals surface area contributed by atoms with Crippen molar-refractivity contribution in [3.05, 3.63) is 59.7 Å². The van der Waals surface area contributed by atoms with Crippen LogP contribution in [0.25, 0.3) is 0 Å². The summed E-state index contributed by atoms with van der Waals surface area (Å²) in [6.45, 7) is -2.92. The molecule has 1 saturated heterocycles. The van der Waals surface area contributed by atoms with Crippen LogP contribution in [0.1, 0.15) is 22.3 Å². The van der Waals surface area contributed by atoms with E-state index in [1.54, 1.807) is 24.3 Å².